The molecule has 2 aromatic rings. The molecule has 0 saturated carbocycles. The molecule has 0 aliphatic heterocycles. The third-order valence-electron chi connectivity index (χ3n) is 2.97. The molecule has 0 atom stereocenters. The molecule has 0 spiro atoms. The molecule has 5 heteroatoms. The maximum atomic E-state index is 11.6. The maximum Gasteiger partial charge on any atom is 0.411 e. The lowest BCUT2D eigenvalue weighted by atomic mass is 10.0. The van der Waals surface area contributed by atoms with Crippen molar-refractivity contribution < 1.29 is 9.53 Å². The topological polar surface area (TPSA) is 71.2 Å². The van der Waals surface area contributed by atoms with Crippen LogP contribution in [-0.4, -0.2) is 17.7 Å². The van der Waals surface area contributed by atoms with E-state index in [0.717, 1.165) is 29.3 Å². The molecular formula is C15H18N2O3. The quantitative estimate of drug-likeness (QED) is 0.900. The Kier molecular flexibility index (Phi) is 4.40. The molecule has 0 unspecified atom stereocenters. The number of H-pyrrole nitrogens is 1. The monoisotopic (exact) mass is 274 g/mol. The van der Waals surface area contributed by atoms with Gasteiger partial charge in [0, 0.05) is 17.1 Å². The van der Waals surface area contributed by atoms with Gasteiger partial charge in [0.1, 0.15) is 0 Å². The summed E-state index contributed by atoms with van der Waals surface area (Å²) in [6, 6.07) is 7.08. The number of rotatable bonds is 4. The van der Waals surface area contributed by atoms with Crippen LogP contribution in [0.3, 0.4) is 0 Å². The number of aromatic nitrogens is 1. The minimum atomic E-state index is -0.501. The van der Waals surface area contributed by atoms with E-state index in [1.807, 2.05) is 6.07 Å². The highest BCUT2D eigenvalue weighted by molar-refractivity contribution is 5.90. The van der Waals surface area contributed by atoms with Crippen molar-refractivity contribution in [2.45, 2.75) is 26.7 Å². The summed E-state index contributed by atoms with van der Waals surface area (Å²) in [5, 5.41) is 3.62. The normalized spacial score (nSPS) is 10.5. The number of ether oxygens (including phenoxy) is 1. The lowest BCUT2D eigenvalue weighted by molar-refractivity contribution is 0.168. The lowest BCUT2D eigenvalue weighted by Crippen LogP contribution is -2.13. The SMILES string of the molecule is CCCc1cc(=O)[nH]c2cc(NC(=O)OCC)ccc12. The van der Waals surface area contributed by atoms with Gasteiger partial charge in [-0.05, 0) is 31.0 Å². The third kappa shape index (κ3) is 3.17. The Hall–Kier alpha value is -2.30. The molecule has 1 heterocycles. The first-order valence-electron chi connectivity index (χ1n) is 6.73. The fourth-order valence-corrected chi connectivity index (χ4v) is 2.17. The van der Waals surface area contributed by atoms with Crippen molar-refractivity contribution in [3.8, 4) is 0 Å². The summed E-state index contributed by atoms with van der Waals surface area (Å²) < 4.78 is 4.82. The van der Waals surface area contributed by atoms with Crippen LogP contribution in [-0.2, 0) is 11.2 Å². The Balaban J connectivity index is 2.39. The van der Waals surface area contributed by atoms with Gasteiger partial charge in [0.25, 0.3) is 0 Å². The number of benzene rings is 1. The second-order valence-corrected chi connectivity index (χ2v) is 4.51. The summed E-state index contributed by atoms with van der Waals surface area (Å²) in [6.45, 7) is 4.13. The van der Waals surface area contributed by atoms with E-state index in [1.54, 1.807) is 25.1 Å². The van der Waals surface area contributed by atoms with Gasteiger partial charge >= 0.3 is 6.09 Å². The summed E-state index contributed by atoms with van der Waals surface area (Å²) in [4.78, 5) is 25.8. The standard InChI is InChI=1S/C15H18N2O3/c1-3-5-10-8-14(18)17-13-9-11(6-7-12(10)13)16-15(19)20-4-2/h6-9H,3-5H2,1-2H3,(H,16,19)(H,17,18). The zero-order valence-electron chi connectivity index (χ0n) is 11.7. The molecule has 1 aromatic heterocycles. The molecule has 0 saturated heterocycles. The van der Waals surface area contributed by atoms with E-state index in [9.17, 15) is 9.59 Å². The van der Waals surface area contributed by atoms with Crippen molar-refractivity contribution in [3.05, 3.63) is 40.2 Å². The van der Waals surface area contributed by atoms with Gasteiger partial charge in [0.05, 0.1) is 12.1 Å². The van der Waals surface area contributed by atoms with Crippen LogP contribution < -0.4 is 10.9 Å². The van der Waals surface area contributed by atoms with Crippen molar-refractivity contribution in [3.63, 3.8) is 0 Å². The molecule has 1 amide bonds. The zero-order chi connectivity index (χ0) is 14.5. The molecule has 2 N–H and O–H groups in total. The molecule has 1 aromatic carbocycles. The van der Waals surface area contributed by atoms with Gasteiger partial charge in [-0.3, -0.25) is 10.1 Å². The van der Waals surface area contributed by atoms with Crippen LogP contribution in [0.1, 0.15) is 25.8 Å². The molecule has 0 aliphatic rings. The van der Waals surface area contributed by atoms with Crippen LogP contribution in [0, 0.1) is 0 Å². The van der Waals surface area contributed by atoms with Crippen LogP contribution in [0.5, 0.6) is 0 Å². The van der Waals surface area contributed by atoms with Gasteiger partial charge in [0.2, 0.25) is 5.56 Å². The smallest absolute Gasteiger partial charge is 0.411 e. The van der Waals surface area contributed by atoms with Crippen molar-refractivity contribution in [2.75, 3.05) is 11.9 Å². The van der Waals surface area contributed by atoms with Crippen LogP contribution >= 0.6 is 0 Å². The predicted molar refractivity (Wildman–Crippen MR) is 79.2 cm³/mol. The van der Waals surface area contributed by atoms with Crippen LogP contribution in [0.15, 0.2) is 29.1 Å². The van der Waals surface area contributed by atoms with Crippen LogP contribution in [0.2, 0.25) is 0 Å². The zero-order valence-corrected chi connectivity index (χ0v) is 11.7. The van der Waals surface area contributed by atoms with E-state index in [2.05, 4.69) is 17.2 Å². The number of hydrogen-bond donors (Lipinski definition) is 2. The first kappa shape index (κ1) is 14.1. The van der Waals surface area contributed by atoms with Crippen LogP contribution in [0.4, 0.5) is 10.5 Å². The number of amides is 1. The summed E-state index contributed by atoms with van der Waals surface area (Å²) in [7, 11) is 0. The minimum absolute atomic E-state index is 0.130. The molecule has 0 radical (unpaired) electrons. The Bertz CT molecular complexity index is 676. The number of carbonyl (C=O) groups excluding carboxylic acids is 1. The molecular weight excluding hydrogens is 256 g/mol. The van der Waals surface area contributed by atoms with Gasteiger partial charge in [-0.2, -0.15) is 0 Å². The number of hydrogen-bond acceptors (Lipinski definition) is 3. The minimum Gasteiger partial charge on any atom is -0.450 e. The Morgan fingerprint density at radius 2 is 2.10 bits per heavy atom. The van der Waals surface area contributed by atoms with E-state index in [1.165, 1.54) is 0 Å². The third-order valence-corrected chi connectivity index (χ3v) is 2.97. The first-order valence-corrected chi connectivity index (χ1v) is 6.73. The van der Waals surface area contributed by atoms with Gasteiger partial charge in [-0.25, -0.2) is 4.79 Å². The van der Waals surface area contributed by atoms with Crippen LogP contribution in [0.25, 0.3) is 10.9 Å². The van der Waals surface area contributed by atoms with Gasteiger partial charge in [0.15, 0.2) is 0 Å². The maximum absolute atomic E-state index is 11.6. The highest BCUT2D eigenvalue weighted by Gasteiger charge is 2.06. The highest BCUT2D eigenvalue weighted by atomic mass is 16.5. The van der Waals surface area contributed by atoms with Gasteiger partial charge in [-0.1, -0.05) is 19.4 Å². The van der Waals surface area contributed by atoms with E-state index >= 15 is 0 Å². The number of pyridine rings is 1. The summed E-state index contributed by atoms with van der Waals surface area (Å²) in [5.74, 6) is 0. The Morgan fingerprint density at radius 3 is 2.80 bits per heavy atom. The van der Waals surface area contributed by atoms with Crippen molar-refractivity contribution in [1.82, 2.24) is 4.98 Å². The molecule has 106 valence electrons. The second-order valence-electron chi connectivity index (χ2n) is 4.51. The highest BCUT2D eigenvalue weighted by Crippen LogP contribution is 2.20. The number of fused-ring (bicyclic) bond motifs is 1. The van der Waals surface area contributed by atoms with Crippen molar-refractivity contribution in [2.24, 2.45) is 0 Å². The molecule has 0 aliphatic carbocycles. The summed E-state index contributed by atoms with van der Waals surface area (Å²) >= 11 is 0. The summed E-state index contributed by atoms with van der Waals surface area (Å²) in [6.07, 6.45) is 1.32. The average molecular weight is 274 g/mol. The number of anilines is 1. The van der Waals surface area contributed by atoms with Crippen molar-refractivity contribution in [1.29, 1.82) is 0 Å². The van der Waals surface area contributed by atoms with Gasteiger partial charge < -0.3 is 9.72 Å². The van der Waals surface area contributed by atoms with E-state index in [4.69, 9.17) is 4.74 Å². The number of carbonyl (C=O) groups is 1. The lowest BCUT2D eigenvalue weighted by Gasteiger charge is -2.08. The van der Waals surface area contributed by atoms with E-state index < -0.39 is 6.09 Å². The van der Waals surface area contributed by atoms with Gasteiger partial charge in [-0.15, -0.1) is 0 Å². The number of aromatic amines is 1. The molecule has 5 nitrogen and oxygen atoms in total. The Labute approximate surface area is 117 Å². The average Bonchev–Trinajstić information content (AvgIpc) is 2.38. The van der Waals surface area contributed by atoms with E-state index in [-0.39, 0.29) is 5.56 Å². The fourth-order valence-electron chi connectivity index (χ4n) is 2.17. The molecule has 0 bridgehead atoms. The Morgan fingerprint density at radius 1 is 1.30 bits per heavy atom. The summed E-state index contributed by atoms with van der Waals surface area (Å²) in [5.41, 5.74) is 2.21. The van der Waals surface area contributed by atoms with E-state index in [0.29, 0.717) is 12.3 Å². The van der Waals surface area contributed by atoms with Crippen molar-refractivity contribution >= 4 is 22.7 Å². The second kappa shape index (κ2) is 6.23. The fraction of sp³-hybridized carbons (Fsp3) is 0.333. The molecule has 0 fully saturated rings. The number of aryl methyl sites for hydroxylation is 1. The largest absolute Gasteiger partial charge is 0.450 e. The predicted octanol–water partition coefficient (Wildman–Crippen LogP) is 3.05. The molecule has 2 rings (SSSR count). The molecule has 20 heavy (non-hydrogen) atoms. The number of nitrogens with one attached hydrogen (secondary N) is 2. The first-order chi connectivity index (χ1) is 9.63.